The summed E-state index contributed by atoms with van der Waals surface area (Å²) in [7, 11) is 0. The third kappa shape index (κ3) is 3.77. The number of carbonyl (C=O) groups is 1. The van der Waals surface area contributed by atoms with Crippen molar-refractivity contribution < 1.29 is 14.6 Å². The standard InChI is InChI=1S/C14H12ClNO3/c15-12-5-1-3-10(7-12)8-19-9-11-4-2-6-16-13(11)14(17)18/h1-7H,8-9H2,(H,17,18). The minimum Gasteiger partial charge on any atom is -0.477 e. The van der Waals surface area contributed by atoms with Gasteiger partial charge in [0.05, 0.1) is 13.2 Å². The normalized spacial score (nSPS) is 10.4. The molecular weight excluding hydrogens is 266 g/mol. The van der Waals surface area contributed by atoms with Crippen molar-refractivity contribution in [3.05, 3.63) is 64.4 Å². The number of benzene rings is 1. The van der Waals surface area contributed by atoms with E-state index in [2.05, 4.69) is 4.98 Å². The van der Waals surface area contributed by atoms with E-state index in [1.165, 1.54) is 6.20 Å². The van der Waals surface area contributed by atoms with Gasteiger partial charge in [0.2, 0.25) is 0 Å². The van der Waals surface area contributed by atoms with Crippen molar-refractivity contribution in [2.24, 2.45) is 0 Å². The largest absolute Gasteiger partial charge is 0.477 e. The van der Waals surface area contributed by atoms with Crippen LogP contribution in [0.5, 0.6) is 0 Å². The lowest BCUT2D eigenvalue weighted by Crippen LogP contribution is -2.06. The van der Waals surface area contributed by atoms with Crippen LogP contribution in [0.2, 0.25) is 5.02 Å². The van der Waals surface area contributed by atoms with Crippen LogP contribution in [0, 0.1) is 0 Å². The molecule has 0 saturated heterocycles. The third-order valence-corrected chi connectivity index (χ3v) is 2.74. The molecule has 4 nitrogen and oxygen atoms in total. The predicted octanol–water partition coefficient (Wildman–Crippen LogP) is 3.15. The number of hydrogen-bond donors (Lipinski definition) is 1. The summed E-state index contributed by atoms with van der Waals surface area (Å²) in [6.07, 6.45) is 1.45. The smallest absolute Gasteiger partial charge is 0.354 e. The van der Waals surface area contributed by atoms with Crippen LogP contribution in [0.3, 0.4) is 0 Å². The number of pyridine rings is 1. The predicted molar refractivity (Wildman–Crippen MR) is 71.1 cm³/mol. The molecule has 2 rings (SSSR count). The van der Waals surface area contributed by atoms with Crippen LogP contribution >= 0.6 is 11.6 Å². The van der Waals surface area contributed by atoms with E-state index in [0.717, 1.165) is 5.56 Å². The highest BCUT2D eigenvalue weighted by Gasteiger charge is 2.10. The van der Waals surface area contributed by atoms with Crippen molar-refractivity contribution in [3.63, 3.8) is 0 Å². The first-order chi connectivity index (χ1) is 9.16. The summed E-state index contributed by atoms with van der Waals surface area (Å²) < 4.78 is 5.49. The van der Waals surface area contributed by atoms with Gasteiger partial charge in [-0.05, 0) is 23.8 Å². The van der Waals surface area contributed by atoms with E-state index in [4.69, 9.17) is 21.4 Å². The Labute approximate surface area is 115 Å². The van der Waals surface area contributed by atoms with Gasteiger partial charge in [0.15, 0.2) is 5.69 Å². The van der Waals surface area contributed by atoms with E-state index in [-0.39, 0.29) is 12.3 Å². The fraction of sp³-hybridized carbons (Fsp3) is 0.143. The maximum Gasteiger partial charge on any atom is 0.354 e. The number of carboxylic acid groups (broad SMARTS) is 1. The minimum absolute atomic E-state index is 0.0218. The number of hydrogen-bond acceptors (Lipinski definition) is 3. The Morgan fingerprint density at radius 1 is 1.26 bits per heavy atom. The second-order valence-corrected chi connectivity index (χ2v) is 4.38. The molecule has 0 unspecified atom stereocenters. The summed E-state index contributed by atoms with van der Waals surface area (Å²) in [5.41, 5.74) is 1.51. The maximum absolute atomic E-state index is 11.0. The molecular formula is C14H12ClNO3. The van der Waals surface area contributed by atoms with E-state index in [1.54, 1.807) is 18.2 Å². The molecule has 1 aromatic heterocycles. The van der Waals surface area contributed by atoms with Gasteiger partial charge in [0.25, 0.3) is 0 Å². The molecule has 0 atom stereocenters. The van der Waals surface area contributed by atoms with Crippen LogP contribution in [0.25, 0.3) is 0 Å². The first kappa shape index (κ1) is 13.5. The van der Waals surface area contributed by atoms with Gasteiger partial charge >= 0.3 is 5.97 Å². The number of aromatic nitrogens is 1. The molecule has 2 aromatic rings. The van der Waals surface area contributed by atoms with Crippen molar-refractivity contribution in [2.75, 3.05) is 0 Å². The number of rotatable bonds is 5. The molecule has 0 spiro atoms. The van der Waals surface area contributed by atoms with Crippen molar-refractivity contribution in [2.45, 2.75) is 13.2 Å². The average Bonchev–Trinajstić information content (AvgIpc) is 2.39. The lowest BCUT2D eigenvalue weighted by Gasteiger charge is -2.07. The molecule has 0 saturated carbocycles. The zero-order chi connectivity index (χ0) is 13.7. The van der Waals surface area contributed by atoms with E-state index in [9.17, 15) is 4.79 Å². The summed E-state index contributed by atoms with van der Waals surface area (Å²) in [6, 6.07) is 10.7. The summed E-state index contributed by atoms with van der Waals surface area (Å²) in [5.74, 6) is -1.05. The molecule has 19 heavy (non-hydrogen) atoms. The molecule has 0 aliphatic carbocycles. The van der Waals surface area contributed by atoms with Crippen LogP contribution in [0.15, 0.2) is 42.6 Å². The molecule has 0 fully saturated rings. The Kier molecular flexibility index (Phi) is 4.49. The molecule has 5 heteroatoms. The van der Waals surface area contributed by atoms with Crippen LogP contribution in [-0.2, 0) is 18.0 Å². The lowest BCUT2D eigenvalue weighted by atomic mass is 10.2. The average molecular weight is 278 g/mol. The Hall–Kier alpha value is -1.91. The summed E-state index contributed by atoms with van der Waals surface area (Å²) in [6.45, 7) is 0.566. The summed E-state index contributed by atoms with van der Waals surface area (Å²) >= 11 is 5.86. The Morgan fingerprint density at radius 2 is 2.11 bits per heavy atom. The van der Waals surface area contributed by atoms with Gasteiger partial charge in [-0.15, -0.1) is 0 Å². The lowest BCUT2D eigenvalue weighted by molar-refractivity contribution is 0.0676. The van der Waals surface area contributed by atoms with Gasteiger partial charge in [0.1, 0.15) is 0 Å². The quantitative estimate of drug-likeness (QED) is 0.912. The molecule has 0 aliphatic heterocycles. The minimum atomic E-state index is -1.05. The SMILES string of the molecule is O=C(O)c1ncccc1COCc1cccc(Cl)c1. The van der Waals surface area contributed by atoms with E-state index >= 15 is 0 Å². The van der Waals surface area contributed by atoms with Crippen LogP contribution in [-0.4, -0.2) is 16.1 Å². The molecule has 1 aromatic carbocycles. The van der Waals surface area contributed by atoms with Gasteiger partial charge in [-0.3, -0.25) is 0 Å². The van der Waals surface area contributed by atoms with Gasteiger partial charge in [-0.1, -0.05) is 29.8 Å². The van der Waals surface area contributed by atoms with Crippen LogP contribution < -0.4 is 0 Å². The van der Waals surface area contributed by atoms with Gasteiger partial charge in [-0.2, -0.15) is 0 Å². The van der Waals surface area contributed by atoms with Crippen molar-refractivity contribution >= 4 is 17.6 Å². The second-order valence-electron chi connectivity index (χ2n) is 3.94. The Bertz CT molecular complexity index is 586. The second kappa shape index (κ2) is 6.31. The highest BCUT2D eigenvalue weighted by atomic mass is 35.5. The number of ether oxygens (including phenoxy) is 1. The fourth-order valence-corrected chi connectivity index (χ4v) is 1.87. The fourth-order valence-electron chi connectivity index (χ4n) is 1.65. The zero-order valence-electron chi connectivity index (χ0n) is 10.0. The zero-order valence-corrected chi connectivity index (χ0v) is 10.8. The number of carboxylic acids is 1. The van der Waals surface area contributed by atoms with Gasteiger partial charge < -0.3 is 9.84 Å². The van der Waals surface area contributed by atoms with Crippen LogP contribution in [0.4, 0.5) is 0 Å². The summed E-state index contributed by atoms with van der Waals surface area (Å²) in [4.78, 5) is 14.8. The molecule has 0 radical (unpaired) electrons. The Morgan fingerprint density at radius 3 is 2.84 bits per heavy atom. The van der Waals surface area contributed by atoms with E-state index in [1.807, 2.05) is 18.2 Å². The first-order valence-corrected chi connectivity index (χ1v) is 6.04. The highest BCUT2D eigenvalue weighted by Crippen LogP contribution is 2.13. The molecule has 98 valence electrons. The van der Waals surface area contributed by atoms with E-state index in [0.29, 0.717) is 17.2 Å². The summed E-state index contributed by atoms with van der Waals surface area (Å²) in [5, 5.41) is 9.63. The number of aromatic carboxylic acids is 1. The monoisotopic (exact) mass is 277 g/mol. The van der Waals surface area contributed by atoms with Gasteiger partial charge in [0, 0.05) is 16.8 Å². The molecule has 0 amide bonds. The molecule has 0 aliphatic rings. The topological polar surface area (TPSA) is 59.4 Å². The van der Waals surface area contributed by atoms with Crippen molar-refractivity contribution in [1.29, 1.82) is 0 Å². The molecule has 0 bridgehead atoms. The first-order valence-electron chi connectivity index (χ1n) is 5.66. The Balaban J connectivity index is 1.98. The number of halogens is 1. The van der Waals surface area contributed by atoms with Crippen LogP contribution in [0.1, 0.15) is 21.6 Å². The molecule has 1 N–H and O–H groups in total. The van der Waals surface area contributed by atoms with Gasteiger partial charge in [-0.25, -0.2) is 9.78 Å². The van der Waals surface area contributed by atoms with E-state index < -0.39 is 5.97 Å². The highest BCUT2D eigenvalue weighted by molar-refractivity contribution is 6.30. The maximum atomic E-state index is 11.0. The molecule has 1 heterocycles. The third-order valence-electron chi connectivity index (χ3n) is 2.51. The number of nitrogens with zero attached hydrogens (tertiary/aromatic N) is 1. The van der Waals surface area contributed by atoms with Crippen molar-refractivity contribution in [1.82, 2.24) is 4.98 Å². The van der Waals surface area contributed by atoms with Crippen molar-refractivity contribution in [3.8, 4) is 0 Å².